The second-order valence-corrected chi connectivity index (χ2v) is 15.2. The Kier molecular flexibility index (Phi) is 28.1. The molecular formula is C46H79NO5. The highest BCUT2D eigenvalue weighted by molar-refractivity contribution is 6.28. The quantitative estimate of drug-likeness (QED) is 0.0505. The molecule has 1 aliphatic heterocycles. The number of hydrogen-bond donors (Lipinski definition) is 0. The van der Waals surface area contributed by atoms with Crippen molar-refractivity contribution in [1.29, 1.82) is 0 Å². The smallest absolute Gasteiger partial charge is 0.258 e. The molecule has 0 radical (unpaired) electrons. The molecule has 2 rings (SSSR count). The van der Waals surface area contributed by atoms with Gasteiger partial charge < -0.3 is 14.2 Å². The van der Waals surface area contributed by atoms with E-state index < -0.39 is 0 Å². The van der Waals surface area contributed by atoms with Crippen molar-refractivity contribution in [2.75, 3.05) is 24.7 Å². The van der Waals surface area contributed by atoms with Crippen LogP contribution in [0.4, 0.5) is 5.69 Å². The molecule has 6 nitrogen and oxygen atoms in total. The number of hydrogen-bond acceptors (Lipinski definition) is 5. The summed E-state index contributed by atoms with van der Waals surface area (Å²) in [6, 6.07) is 3.58. The van der Waals surface area contributed by atoms with Gasteiger partial charge in [0.25, 0.3) is 11.8 Å². The van der Waals surface area contributed by atoms with E-state index in [1.165, 1.54) is 171 Å². The topological polar surface area (TPSA) is 65.1 Å². The Hall–Kier alpha value is -2.50. The first-order valence-corrected chi connectivity index (χ1v) is 22.2. The average Bonchev–Trinajstić information content (AvgIpc) is 3.49. The SMILES string of the molecule is CCCCCCCCCCCCOc1cc(N2C(=O)C=CC2=O)cc(OCCCCCCCCCCCC)c1OCCCCCCCCCCCC. The van der Waals surface area contributed by atoms with Crippen molar-refractivity contribution < 1.29 is 23.8 Å². The van der Waals surface area contributed by atoms with Crippen LogP contribution in [0.5, 0.6) is 17.2 Å². The number of carbonyl (C=O) groups is 2. The molecule has 0 bridgehead atoms. The Balaban J connectivity index is 1.98. The van der Waals surface area contributed by atoms with Crippen LogP contribution in [-0.4, -0.2) is 31.6 Å². The molecule has 0 atom stereocenters. The molecule has 1 aromatic rings. The number of imide groups is 1. The van der Waals surface area contributed by atoms with Crippen LogP contribution in [0.25, 0.3) is 0 Å². The van der Waals surface area contributed by atoms with Crippen LogP contribution >= 0.6 is 0 Å². The van der Waals surface area contributed by atoms with Crippen molar-refractivity contribution in [3.05, 3.63) is 24.3 Å². The molecule has 52 heavy (non-hydrogen) atoms. The standard InChI is InChI=1S/C46H79NO5/c1-4-7-10-13-16-19-22-25-28-31-36-50-42-39-41(47-44(48)34-35-45(47)49)40-43(51-37-32-29-26-23-20-17-14-11-8-5-2)46(42)52-38-33-30-27-24-21-18-15-12-9-6-3/h34-35,39-40H,4-33,36-38H2,1-3H3. The first-order valence-electron chi connectivity index (χ1n) is 22.2. The third-order valence-electron chi connectivity index (χ3n) is 10.3. The molecule has 1 aromatic carbocycles. The lowest BCUT2D eigenvalue weighted by Crippen LogP contribution is -2.29. The van der Waals surface area contributed by atoms with Gasteiger partial charge in [0.1, 0.15) is 0 Å². The minimum Gasteiger partial charge on any atom is -0.489 e. The van der Waals surface area contributed by atoms with Crippen LogP contribution in [0.2, 0.25) is 0 Å². The Morgan fingerprint density at radius 1 is 0.385 bits per heavy atom. The van der Waals surface area contributed by atoms with Gasteiger partial charge in [0, 0.05) is 24.3 Å². The van der Waals surface area contributed by atoms with Gasteiger partial charge in [-0.2, -0.15) is 0 Å². The van der Waals surface area contributed by atoms with E-state index in [0.717, 1.165) is 38.5 Å². The largest absolute Gasteiger partial charge is 0.489 e. The fraction of sp³-hybridized carbons (Fsp3) is 0.783. The second-order valence-electron chi connectivity index (χ2n) is 15.2. The fourth-order valence-electron chi connectivity index (χ4n) is 7.01. The summed E-state index contributed by atoms with van der Waals surface area (Å²) in [6.07, 6.45) is 40.5. The van der Waals surface area contributed by atoms with Gasteiger partial charge in [-0.15, -0.1) is 0 Å². The molecule has 0 aliphatic carbocycles. The van der Waals surface area contributed by atoms with Gasteiger partial charge in [0.05, 0.1) is 25.5 Å². The monoisotopic (exact) mass is 726 g/mol. The van der Waals surface area contributed by atoms with Crippen molar-refractivity contribution in [3.8, 4) is 17.2 Å². The fourth-order valence-corrected chi connectivity index (χ4v) is 7.01. The van der Waals surface area contributed by atoms with Crippen molar-refractivity contribution in [1.82, 2.24) is 0 Å². The van der Waals surface area contributed by atoms with Gasteiger partial charge in [-0.05, 0) is 19.3 Å². The van der Waals surface area contributed by atoms with Crippen LogP contribution in [0, 0.1) is 0 Å². The normalized spacial score (nSPS) is 12.7. The summed E-state index contributed by atoms with van der Waals surface area (Å²) in [4.78, 5) is 26.6. The summed E-state index contributed by atoms with van der Waals surface area (Å²) >= 11 is 0. The van der Waals surface area contributed by atoms with Gasteiger partial charge in [-0.25, -0.2) is 4.90 Å². The van der Waals surface area contributed by atoms with Crippen molar-refractivity contribution in [2.45, 2.75) is 213 Å². The van der Waals surface area contributed by atoms with Crippen molar-refractivity contribution in [3.63, 3.8) is 0 Å². The van der Waals surface area contributed by atoms with Crippen LogP contribution in [0.1, 0.15) is 213 Å². The Morgan fingerprint density at radius 3 is 0.962 bits per heavy atom. The Labute approximate surface area is 320 Å². The zero-order valence-electron chi connectivity index (χ0n) is 34.1. The minimum absolute atomic E-state index is 0.342. The molecule has 0 saturated heterocycles. The van der Waals surface area contributed by atoms with Crippen LogP contribution in [0.15, 0.2) is 24.3 Å². The van der Waals surface area contributed by atoms with E-state index in [9.17, 15) is 9.59 Å². The molecule has 0 N–H and O–H groups in total. The van der Waals surface area contributed by atoms with Gasteiger partial charge in [0.2, 0.25) is 5.75 Å². The van der Waals surface area contributed by atoms with Gasteiger partial charge in [-0.3, -0.25) is 9.59 Å². The Bertz CT molecular complexity index is 1000. The molecule has 0 spiro atoms. The summed E-state index contributed by atoms with van der Waals surface area (Å²) in [5.74, 6) is 1.04. The predicted molar refractivity (Wildman–Crippen MR) is 220 cm³/mol. The summed E-state index contributed by atoms with van der Waals surface area (Å²) < 4.78 is 19.3. The average molecular weight is 726 g/mol. The number of anilines is 1. The highest BCUT2D eigenvalue weighted by Crippen LogP contribution is 2.43. The van der Waals surface area contributed by atoms with Crippen LogP contribution in [-0.2, 0) is 9.59 Å². The lowest BCUT2D eigenvalue weighted by Gasteiger charge is -2.21. The maximum atomic E-state index is 12.7. The highest BCUT2D eigenvalue weighted by Gasteiger charge is 2.28. The number of carbonyl (C=O) groups excluding carboxylic acids is 2. The molecule has 1 heterocycles. The summed E-state index contributed by atoms with van der Waals surface area (Å²) in [5.41, 5.74) is 0.474. The number of benzene rings is 1. The molecule has 1 aliphatic rings. The van der Waals surface area contributed by atoms with Gasteiger partial charge in [0.15, 0.2) is 11.5 Å². The van der Waals surface area contributed by atoms with Crippen molar-refractivity contribution >= 4 is 17.5 Å². The third kappa shape index (κ3) is 21.3. The summed E-state index contributed by atoms with van der Waals surface area (Å²) in [7, 11) is 0. The van der Waals surface area contributed by atoms with Crippen molar-refractivity contribution in [2.24, 2.45) is 0 Å². The number of amides is 2. The van der Waals surface area contributed by atoms with E-state index in [0.29, 0.717) is 42.8 Å². The van der Waals surface area contributed by atoms with Crippen LogP contribution in [0.3, 0.4) is 0 Å². The van der Waals surface area contributed by atoms with E-state index in [1.54, 1.807) is 12.1 Å². The second kappa shape index (κ2) is 32.0. The van der Waals surface area contributed by atoms with E-state index >= 15 is 0 Å². The molecule has 6 heteroatoms. The van der Waals surface area contributed by atoms with E-state index in [2.05, 4.69) is 20.8 Å². The van der Waals surface area contributed by atoms with Gasteiger partial charge in [-0.1, -0.05) is 194 Å². The maximum absolute atomic E-state index is 12.7. The first-order chi connectivity index (χ1) is 25.6. The molecule has 0 fully saturated rings. The molecule has 0 aromatic heterocycles. The summed E-state index contributed by atoms with van der Waals surface area (Å²) in [6.45, 7) is 8.51. The number of nitrogens with zero attached hydrogens (tertiary/aromatic N) is 1. The van der Waals surface area contributed by atoms with Gasteiger partial charge >= 0.3 is 0 Å². The number of unbranched alkanes of at least 4 members (excludes halogenated alkanes) is 27. The number of rotatable bonds is 37. The molecule has 2 amide bonds. The first kappa shape index (κ1) is 45.7. The molecule has 298 valence electrons. The predicted octanol–water partition coefficient (Wildman–Crippen LogP) is 14.0. The van der Waals surface area contributed by atoms with E-state index in [4.69, 9.17) is 14.2 Å². The number of ether oxygens (including phenoxy) is 3. The third-order valence-corrected chi connectivity index (χ3v) is 10.3. The lowest BCUT2D eigenvalue weighted by molar-refractivity contribution is -0.119. The summed E-state index contributed by atoms with van der Waals surface area (Å²) in [5, 5.41) is 0. The zero-order valence-corrected chi connectivity index (χ0v) is 34.1. The minimum atomic E-state index is -0.342. The van der Waals surface area contributed by atoms with Crippen LogP contribution < -0.4 is 19.1 Å². The molecule has 0 saturated carbocycles. The van der Waals surface area contributed by atoms with E-state index in [1.807, 2.05) is 0 Å². The maximum Gasteiger partial charge on any atom is 0.258 e. The Morgan fingerprint density at radius 2 is 0.654 bits per heavy atom. The molecular weight excluding hydrogens is 647 g/mol. The van der Waals surface area contributed by atoms with E-state index in [-0.39, 0.29) is 11.8 Å². The molecule has 0 unspecified atom stereocenters. The zero-order chi connectivity index (χ0) is 37.3. The lowest BCUT2D eigenvalue weighted by atomic mass is 10.1. The highest BCUT2D eigenvalue weighted by atomic mass is 16.5.